The predicted molar refractivity (Wildman–Crippen MR) is 128 cm³/mol. The molecule has 0 bridgehead atoms. The number of thiocarbonyl (C=S) groups is 1. The van der Waals surface area contributed by atoms with E-state index < -0.39 is 0 Å². The fraction of sp³-hybridized carbons (Fsp3) is 0.273. The molecule has 2 aliphatic rings. The normalized spacial score (nSPS) is 18.2. The first-order chi connectivity index (χ1) is 14.8. The highest BCUT2D eigenvalue weighted by atomic mass is 32.2. The standard InChI is InChI=1S/C22H21N3O4S2/c1-14-3-5-17(15(2)11-14)24-21(26)20(31-22(24)30)13-16-4-6-18(19(12-16)25(27)28)23-7-9-29-10-8-23/h3-6,11-13H,7-10H2,1-2H3/b20-13+. The molecule has 0 aliphatic carbocycles. The summed E-state index contributed by atoms with van der Waals surface area (Å²) in [5.74, 6) is -0.220. The largest absolute Gasteiger partial charge is 0.378 e. The molecule has 31 heavy (non-hydrogen) atoms. The Kier molecular flexibility index (Phi) is 6.08. The topological polar surface area (TPSA) is 75.9 Å². The summed E-state index contributed by atoms with van der Waals surface area (Å²) < 4.78 is 5.79. The van der Waals surface area contributed by atoms with Crippen LogP contribution in [0.2, 0.25) is 0 Å². The molecule has 0 radical (unpaired) electrons. The summed E-state index contributed by atoms with van der Waals surface area (Å²) in [4.78, 5) is 28.3. The highest BCUT2D eigenvalue weighted by Crippen LogP contribution is 2.38. The number of benzene rings is 2. The number of thioether (sulfide) groups is 1. The van der Waals surface area contributed by atoms with Crippen LogP contribution in [0.1, 0.15) is 16.7 Å². The van der Waals surface area contributed by atoms with E-state index in [-0.39, 0.29) is 16.5 Å². The van der Waals surface area contributed by atoms with Crippen LogP contribution in [-0.2, 0) is 9.53 Å². The lowest BCUT2D eigenvalue weighted by molar-refractivity contribution is -0.384. The van der Waals surface area contributed by atoms with Crippen LogP contribution >= 0.6 is 24.0 Å². The molecule has 160 valence electrons. The maximum atomic E-state index is 13.1. The van der Waals surface area contributed by atoms with Crippen molar-refractivity contribution in [3.8, 4) is 0 Å². The van der Waals surface area contributed by atoms with Gasteiger partial charge in [-0.25, -0.2) is 0 Å². The molecule has 2 saturated heterocycles. The molecule has 0 spiro atoms. The summed E-state index contributed by atoms with van der Waals surface area (Å²) in [6.07, 6.45) is 1.67. The number of morpholine rings is 1. The first-order valence-corrected chi connectivity index (χ1v) is 11.0. The number of ether oxygens (including phenoxy) is 1. The maximum Gasteiger partial charge on any atom is 0.293 e. The van der Waals surface area contributed by atoms with Crippen molar-refractivity contribution in [3.63, 3.8) is 0 Å². The molecule has 9 heteroatoms. The summed E-state index contributed by atoms with van der Waals surface area (Å²) in [6, 6.07) is 10.9. The van der Waals surface area contributed by atoms with E-state index >= 15 is 0 Å². The number of carbonyl (C=O) groups is 1. The number of nitro groups is 1. The minimum Gasteiger partial charge on any atom is -0.378 e. The number of nitrogens with zero attached hydrogens (tertiary/aromatic N) is 3. The van der Waals surface area contributed by atoms with Crippen LogP contribution < -0.4 is 9.80 Å². The smallest absolute Gasteiger partial charge is 0.293 e. The first kappa shape index (κ1) is 21.5. The van der Waals surface area contributed by atoms with Crippen molar-refractivity contribution < 1.29 is 14.5 Å². The van der Waals surface area contributed by atoms with Gasteiger partial charge in [0.25, 0.3) is 11.6 Å². The second-order valence-electron chi connectivity index (χ2n) is 7.41. The highest BCUT2D eigenvalue weighted by molar-refractivity contribution is 8.27. The molecular weight excluding hydrogens is 434 g/mol. The van der Waals surface area contributed by atoms with Gasteiger partial charge in [-0.15, -0.1) is 0 Å². The van der Waals surface area contributed by atoms with E-state index in [4.69, 9.17) is 17.0 Å². The quantitative estimate of drug-likeness (QED) is 0.292. The molecule has 7 nitrogen and oxygen atoms in total. The molecule has 2 aromatic carbocycles. The molecule has 2 aliphatic heterocycles. The van der Waals surface area contributed by atoms with E-state index in [1.165, 1.54) is 22.7 Å². The van der Waals surface area contributed by atoms with Gasteiger partial charge in [0, 0.05) is 19.2 Å². The van der Waals surface area contributed by atoms with Crippen molar-refractivity contribution in [2.45, 2.75) is 13.8 Å². The van der Waals surface area contributed by atoms with E-state index in [0.29, 0.717) is 46.8 Å². The Morgan fingerprint density at radius 1 is 1.13 bits per heavy atom. The zero-order valence-corrected chi connectivity index (χ0v) is 18.8. The van der Waals surface area contributed by atoms with Gasteiger partial charge in [-0.05, 0) is 43.2 Å². The molecule has 0 N–H and O–H groups in total. The summed E-state index contributed by atoms with van der Waals surface area (Å²) in [5.41, 5.74) is 3.99. The lowest BCUT2D eigenvalue weighted by atomic mass is 10.1. The van der Waals surface area contributed by atoms with Gasteiger partial charge in [-0.2, -0.15) is 0 Å². The van der Waals surface area contributed by atoms with Crippen LogP contribution in [-0.4, -0.2) is 41.5 Å². The summed E-state index contributed by atoms with van der Waals surface area (Å²) >= 11 is 6.66. The van der Waals surface area contributed by atoms with Crippen LogP contribution in [0.3, 0.4) is 0 Å². The van der Waals surface area contributed by atoms with Crippen molar-refractivity contribution in [2.75, 3.05) is 36.1 Å². The van der Waals surface area contributed by atoms with E-state index in [0.717, 1.165) is 16.8 Å². The van der Waals surface area contributed by atoms with Crippen LogP contribution in [0.15, 0.2) is 41.3 Å². The zero-order chi connectivity index (χ0) is 22.1. The van der Waals surface area contributed by atoms with Crippen LogP contribution in [0.25, 0.3) is 6.08 Å². The number of rotatable bonds is 4. The van der Waals surface area contributed by atoms with Gasteiger partial charge in [0.1, 0.15) is 5.69 Å². The number of hydrogen-bond donors (Lipinski definition) is 0. The first-order valence-electron chi connectivity index (χ1n) is 9.81. The highest BCUT2D eigenvalue weighted by Gasteiger charge is 2.34. The number of anilines is 2. The lowest BCUT2D eigenvalue weighted by Gasteiger charge is -2.28. The summed E-state index contributed by atoms with van der Waals surface area (Å²) in [7, 11) is 0. The fourth-order valence-corrected chi connectivity index (χ4v) is 5.02. The SMILES string of the molecule is Cc1ccc(N2C(=O)/C(=C\c3ccc(N4CCOCC4)c([N+](=O)[O-])c3)SC2=S)c(C)c1. The van der Waals surface area contributed by atoms with Gasteiger partial charge in [0.15, 0.2) is 4.32 Å². The maximum absolute atomic E-state index is 13.1. The summed E-state index contributed by atoms with van der Waals surface area (Å²) in [5, 5.41) is 11.7. The zero-order valence-electron chi connectivity index (χ0n) is 17.2. The molecule has 4 rings (SSSR count). The Morgan fingerprint density at radius 3 is 2.52 bits per heavy atom. The number of hydrogen-bond acceptors (Lipinski definition) is 7. The molecule has 2 aromatic rings. The van der Waals surface area contributed by atoms with Gasteiger partial charge in [-0.3, -0.25) is 19.8 Å². The van der Waals surface area contributed by atoms with Crippen molar-refractivity contribution in [3.05, 3.63) is 68.1 Å². The molecule has 0 saturated carbocycles. The van der Waals surface area contributed by atoms with E-state index in [2.05, 4.69) is 0 Å². The molecular formula is C22H21N3O4S2. The Labute approximate surface area is 189 Å². The van der Waals surface area contributed by atoms with Crippen molar-refractivity contribution in [1.29, 1.82) is 0 Å². The Bertz CT molecular complexity index is 1110. The third kappa shape index (κ3) is 4.34. The second kappa shape index (κ2) is 8.78. The van der Waals surface area contributed by atoms with Gasteiger partial charge in [-0.1, -0.05) is 47.7 Å². The van der Waals surface area contributed by atoms with Crippen LogP contribution in [0.5, 0.6) is 0 Å². The average molecular weight is 456 g/mol. The Balaban J connectivity index is 1.65. The molecule has 0 unspecified atom stereocenters. The molecule has 1 amide bonds. The lowest BCUT2D eigenvalue weighted by Crippen LogP contribution is -2.36. The minimum absolute atomic E-state index is 0.0144. The van der Waals surface area contributed by atoms with Crippen molar-refractivity contribution in [2.24, 2.45) is 0 Å². The predicted octanol–water partition coefficient (Wildman–Crippen LogP) is 4.45. The minimum atomic E-state index is -0.386. The monoisotopic (exact) mass is 455 g/mol. The van der Waals surface area contributed by atoms with Crippen molar-refractivity contribution in [1.82, 2.24) is 0 Å². The van der Waals surface area contributed by atoms with E-state index in [9.17, 15) is 14.9 Å². The van der Waals surface area contributed by atoms with Crippen LogP contribution in [0, 0.1) is 24.0 Å². The third-order valence-corrected chi connectivity index (χ3v) is 6.53. The van der Waals surface area contributed by atoms with Crippen LogP contribution in [0.4, 0.5) is 17.1 Å². The number of amides is 1. The fourth-order valence-electron chi connectivity index (χ4n) is 3.73. The number of aryl methyl sites for hydroxylation is 2. The molecule has 2 fully saturated rings. The van der Waals surface area contributed by atoms with E-state index in [1.807, 2.05) is 36.9 Å². The van der Waals surface area contributed by atoms with Gasteiger partial charge in [0.2, 0.25) is 0 Å². The Morgan fingerprint density at radius 2 is 1.84 bits per heavy atom. The third-order valence-electron chi connectivity index (χ3n) is 5.23. The number of carbonyl (C=O) groups excluding carboxylic acids is 1. The van der Waals surface area contributed by atoms with Gasteiger partial charge < -0.3 is 9.64 Å². The Hall–Kier alpha value is -2.75. The second-order valence-corrected chi connectivity index (χ2v) is 9.09. The molecule has 2 heterocycles. The molecule has 0 atom stereocenters. The molecule has 0 aromatic heterocycles. The van der Waals surface area contributed by atoms with Gasteiger partial charge >= 0.3 is 0 Å². The van der Waals surface area contributed by atoms with Crippen molar-refractivity contribution >= 4 is 57.3 Å². The van der Waals surface area contributed by atoms with Gasteiger partial charge in [0.05, 0.1) is 28.7 Å². The number of nitro benzene ring substituents is 1. The van der Waals surface area contributed by atoms with E-state index in [1.54, 1.807) is 18.2 Å². The summed E-state index contributed by atoms with van der Waals surface area (Å²) in [6.45, 7) is 6.23. The average Bonchev–Trinajstić information content (AvgIpc) is 3.02.